The smallest absolute Gasteiger partial charge is 0.224 e. The van der Waals surface area contributed by atoms with Crippen LogP contribution in [-0.2, 0) is 0 Å². The van der Waals surface area contributed by atoms with Gasteiger partial charge in [0.05, 0.1) is 12.2 Å². The lowest BCUT2D eigenvalue weighted by atomic mass is 10.1. The Balaban J connectivity index is 1.38. The number of rotatable bonds is 5. The van der Waals surface area contributed by atoms with Gasteiger partial charge in [0, 0.05) is 54.1 Å². The van der Waals surface area contributed by atoms with Crippen LogP contribution in [0.1, 0.15) is 29.4 Å². The van der Waals surface area contributed by atoms with Crippen LogP contribution < -0.4 is 4.74 Å². The summed E-state index contributed by atoms with van der Waals surface area (Å²) >= 11 is 0. The number of hydrogen-bond acceptors (Lipinski definition) is 5. The Morgan fingerprint density at radius 3 is 2.82 bits per heavy atom. The molecule has 4 aromatic heterocycles. The number of ether oxygens (including phenoxy) is 1. The number of imidazole rings is 1. The van der Waals surface area contributed by atoms with Crippen molar-refractivity contribution < 1.29 is 4.74 Å². The van der Waals surface area contributed by atoms with Crippen molar-refractivity contribution in [2.24, 2.45) is 5.92 Å². The normalized spacial score (nSPS) is 18.4. The van der Waals surface area contributed by atoms with Crippen molar-refractivity contribution in [3.8, 4) is 17.0 Å². The maximum Gasteiger partial charge on any atom is 0.224 e. The molecule has 0 spiro atoms. The molecule has 140 valence electrons. The van der Waals surface area contributed by atoms with Crippen LogP contribution in [0.4, 0.5) is 0 Å². The Kier molecular flexibility index (Phi) is 4.04. The fraction of sp³-hybridized carbons (Fsp3) is 0.273. The van der Waals surface area contributed by atoms with Crippen molar-refractivity contribution in [3.63, 3.8) is 0 Å². The highest BCUT2D eigenvalue weighted by Crippen LogP contribution is 2.47. The van der Waals surface area contributed by atoms with E-state index in [4.69, 9.17) is 4.74 Å². The lowest BCUT2D eigenvalue weighted by Gasteiger charge is -2.11. The van der Waals surface area contributed by atoms with Crippen LogP contribution in [-0.4, -0.2) is 30.9 Å². The second-order valence-corrected chi connectivity index (χ2v) is 7.39. The topological polar surface area (TPSA) is 65.2 Å². The van der Waals surface area contributed by atoms with Crippen molar-refractivity contribution in [2.45, 2.75) is 26.2 Å². The molecule has 0 unspecified atom stereocenters. The van der Waals surface area contributed by atoms with Gasteiger partial charge in [0.25, 0.3) is 0 Å². The first-order valence-electron chi connectivity index (χ1n) is 9.50. The number of nitrogens with zero attached hydrogens (tertiary/aromatic N) is 5. The van der Waals surface area contributed by atoms with Crippen LogP contribution in [0.2, 0.25) is 0 Å². The summed E-state index contributed by atoms with van der Waals surface area (Å²) in [5.41, 5.74) is 5.04. The number of hydrogen-bond donors (Lipinski definition) is 0. The fourth-order valence-corrected chi connectivity index (χ4v) is 3.58. The molecule has 28 heavy (non-hydrogen) atoms. The van der Waals surface area contributed by atoms with Gasteiger partial charge in [-0.05, 0) is 44.0 Å². The Hall–Kier alpha value is -3.28. The van der Waals surface area contributed by atoms with Gasteiger partial charge in [0.15, 0.2) is 0 Å². The minimum absolute atomic E-state index is 0.473. The highest BCUT2D eigenvalue weighted by molar-refractivity contribution is 5.79. The summed E-state index contributed by atoms with van der Waals surface area (Å²) in [5, 5.41) is 0. The zero-order valence-corrected chi connectivity index (χ0v) is 15.9. The summed E-state index contributed by atoms with van der Waals surface area (Å²) in [7, 11) is 0. The standard InChI is InChI=1S/C22H21N5O/c1-14-5-6-20(25-11-14)18-10-16(18)13-28-22-19(12-24-15(2)26-22)17-4-3-8-27-9-7-23-21(17)27/h3-9,11-12,16,18H,10,13H2,1-2H3/t16-,18+/m1/s1. The van der Waals surface area contributed by atoms with Crippen molar-refractivity contribution in [2.75, 3.05) is 6.61 Å². The Morgan fingerprint density at radius 1 is 1.04 bits per heavy atom. The molecule has 0 amide bonds. The highest BCUT2D eigenvalue weighted by Gasteiger charge is 2.40. The molecule has 0 radical (unpaired) electrons. The lowest BCUT2D eigenvalue weighted by Crippen LogP contribution is -2.06. The molecule has 0 aromatic carbocycles. The van der Waals surface area contributed by atoms with E-state index in [1.54, 1.807) is 6.20 Å². The van der Waals surface area contributed by atoms with E-state index in [1.165, 1.54) is 5.56 Å². The van der Waals surface area contributed by atoms with Crippen LogP contribution in [0, 0.1) is 19.8 Å². The van der Waals surface area contributed by atoms with Gasteiger partial charge in [-0.25, -0.2) is 9.97 Å². The Labute approximate surface area is 163 Å². The molecule has 0 N–H and O–H groups in total. The zero-order valence-electron chi connectivity index (χ0n) is 15.9. The first-order valence-corrected chi connectivity index (χ1v) is 9.50. The molecule has 2 atom stereocenters. The van der Waals surface area contributed by atoms with Gasteiger partial charge < -0.3 is 9.14 Å². The zero-order chi connectivity index (χ0) is 19.1. The Bertz CT molecular complexity index is 1140. The minimum Gasteiger partial charge on any atom is -0.477 e. The number of pyridine rings is 2. The fourth-order valence-electron chi connectivity index (χ4n) is 3.58. The molecular formula is C22H21N5O. The SMILES string of the molecule is Cc1ccc([C@H]2C[C@@H]2COc2nc(C)ncc2-c2cccn3ccnc23)nc1. The third kappa shape index (κ3) is 3.11. The summed E-state index contributed by atoms with van der Waals surface area (Å²) in [5.74, 6) is 2.26. The minimum atomic E-state index is 0.473. The lowest BCUT2D eigenvalue weighted by molar-refractivity contribution is 0.285. The van der Waals surface area contributed by atoms with Crippen molar-refractivity contribution in [1.29, 1.82) is 0 Å². The van der Waals surface area contributed by atoms with E-state index in [0.717, 1.165) is 28.9 Å². The van der Waals surface area contributed by atoms with Gasteiger partial charge in [-0.2, -0.15) is 4.98 Å². The van der Waals surface area contributed by atoms with Gasteiger partial charge in [-0.15, -0.1) is 0 Å². The predicted molar refractivity (Wildman–Crippen MR) is 106 cm³/mol. The van der Waals surface area contributed by atoms with Crippen molar-refractivity contribution in [3.05, 3.63) is 72.3 Å². The monoisotopic (exact) mass is 371 g/mol. The van der Waals surface area contributed by atoms with Crippen LogP contribution in [0.3, 0.4) is 0 Å². The Morgan fingerprint density at radius 2 is 1.96 bits per heavy atom. The highest BCUT2D eigenvalue weighted by atomic mass is 16.5. The number of fused-ring (bicyclic) bond motifs is 1. The molecule has 4 heterocycles. The van der Waals surface area contributed by atoms with E-state index in [9.17, 15) is 0 Å². The third-order valence-electron chi connectivity index (χ3n) is 5.25. The van der Waals surface area contributed by atoms with Gasteiger partial charge >= 0.3 is 0 Å². The third-order valence-corrected chi connectivity index (χ3v) is 5.25. The van der Waals surface area contributed by atoms with E-state index < -0.39 is 0 Å². The molecular weight excluding hydrogens is 350 g/mol. The van der Waals surface area contributed by atoms with Crippen molar-refractivity contribution >= 4 is 5.65 Å². The van der Waals surface area contributed by atoms with Gasteiger partial charge in [0.1, 0.15) is 11.5 Å². The van der Waals surface area contributed by atoms with Crippen molar-refractivity contribution in [1.82, 2.24) is 24.3 Å². The molecule has 0 aliphatic heterocycles. The van der Waals surface area contributed by atoms with E-state index in [-0.39, 0.29) is 0 Å². The van der Waals surface area contributed by atoms with Crippen LogP contribution in [0.5, 0.6) is 5.88 Å². The molecule has 0 saturated heterocycles. The maximum atomic E-state index is 6.18. The molecule has 0 bridgehead atoms. The molecule has 5 rings (SSSR count). The second kappa shape index (κ2) is 6.71. The molecule has 4 aromatic rings. The summed E-state index contributed by atoms with van der Waals surface area (Å²) < 4.78 is 8.17. The van der Waals surface area contributed by atoms with Gasteiger partial charge in [-0.1, -0.05) is 6.07 Å². The van der Waals surface area contributed by atoms with Crippen LogP contribution >= 0.6 is 0 Å². The molecule has 1 saturated carbocycles. The first-order chi connectivity index (χ1) is 13.7. The van der Waals surface area contributed by atoms with Gasteiger partial charge in [0.2, 0.25) is 5.88 Å². The molecule has 1 fully saturated rings. The summed E-state index contributed by atoms with van der Waals surface area (Å²) in [6.07, 6.45) is 10.6. The average Bonchev–Trinajstić information content (AvgIpc) is 3.31. The summed E-state index contributed by atoms with van der Waals surface area (Å²) in [6.45, 7) is 4.56. The summed E-state index contributed by atoms with van der Waals surface area (Å²) in [6, 6.07) is 8.27. The molecule has 6 heteroatoms. The van der Waals surface area contributed by atoms with E-state index >= 15 is 0 Å². The quantitative estimate of drug-likeness (QED) is 0.531. The summed E-state index contributed by atoms with van der Waals surface area (Å²) in [4.78, 5) is 18.0. The molecule has 6 nitrogen and oxygen atoms in total. The van der Waals surface area contributed by atoms with E-state index in [1.807, 2.05) is 48.2 Å². The number of aromatic nitrogens is 5. The first kappa shape index (κ1) is 16.9. The number of aryl methyl sites for hydroxylation is 2. The molecule has 1 aliphatic carbocycles. The largest absolute Gasteiger partial charge is 0.477 e. The van der Waals surface area contributed by atoms with E-state index in [2.05, 4.69) is 39.0 Å². The van der Waals surface area contributed by atoms with E-state index in [0.29, 0.717) is 30.1 Å². The average molecular weight is 371 g/mol. The molecule has 1 aliphatic rings. The van der Waals surface area contributed by atoms with Crippen LogP contribution in [0.15, 0.2) is 55.2 Å². The van der Waals surface area contributed by atoms with Gasteiger partial charge in [-0.3, -0.25) is 4.98 Å². The second-order valence-electron chi connectivity index (χ2n) is 7.39. The van der Waals surface area contributed by atoms with Crippen LogP contribution in [0.25, 0.3) is 16.8 Å². The maximum absolute atomic E-state index is 6.18. The predicted octanol–water partition coefficient (Wildman–Crippen LogP) is 3.99.